The summed E-state index contributed by atoms with van der Waals surface area (Å²) in [6.07, 6.45) is 3.24. The molecule has 0 aliphatic carbocycles. The molecular formula is C14H20N4O4S. The Hall–Kier alpha value is -1.71. The summed E-state index contributed by atoms with van der Waals surface area (Å²) < 4.78 is 27.9. The molecule has 2 fully saturated rings. The molecule has 23 heavy (non-hydrogen) atoms. The van der Waals surface area contributed by atoms with Gasteiger partial charge in [0.15, 0.2) is 5.69 Å². The van der Waals surface area contributed by atoms with Crippen molar-refractivity contribution in [1.82, 2.24) is 18.5 Å². The lowest BCUT2D eigenvalue weighted by atomic mass is 10.2. The number of carbonyl (C=O) groups excluding carboxylic acids is 1. The zero-order chi connectivity index (χ0) is 16.4. The van der Waals surface area contributed by atoms with E-state index in [1.165, 1.54) is 25.8 Å². The quantitative estimate of drug-likeness (QED) is 0.828. The first kappa shape index (κ1) is 16.2. The number of pyridine rings is 1. The van der Waals surface area contributed by atoms with Gasteiger partial charge < -0.3 is 10.0 Å². The molecule has 0 spiro atoms. The van der Waals surface area contributed by atoms with E-state index in [2.05, 4.69) is 4.98 Å². The molecule has 2 saturated heterocycles. The Morgan fingerprint density at radius 1 is 1.04 bits per heavy atom. The van der Waals surface area contributed by atoms with Crippen LogP contribution in [-0.2, 0) is 10.2 Å². The fraction of sp³-hybridized carbons (Fsp3) is 0.571. The van der Waals surface area contributed by atoms with Crippen LogP contribution in [0.25, 0.3) is 0 Å². The van der Waals surface area contributed by atoms with E-state index in [1.807, 2.05) is 0 Å². The van der Waals surface area contributed by atoms with Gasteiger partial charge in [-0.2, -0.15) is 17.0 Å². The highest BCUT2D eigenvalue weighted by Gasteiger charge is 2.35. The van der Waals surface area contributed by atoms with Crippen molar-refractivity contribution >= 4 is 16.1 Å². The van der Waals surface area contributed by atoms with Crippen molar-refractivity contribution in [2.24, 2.45) is 0 Å². The van der Waals surface area contributed by atoms with Crippen molar-refractivity contribution in [1.29, 1.82) is 0 Å². The second kappa shape index (κ2) is 6.42. The number of amides is 1. The summed E-state index contributed by atoms with van der Waals surface area (Å²) in [5.41, 5.74) is 0.00310. The fourth-order valence-electron chi connectivity index (χ4n) is 2.92. The van der Waals surface area contributed by atoms with Crippen LogP contribution in [0.1, 0.15) is 23.3 Å². The van der Waals surface area contributed by atoms with E-state index in [-0.39, 0.29) is 30.4 Å². The summed E-state index contributed by atoms with van der Waals surface area (Å²) in [7, 11) is -3.42. The molecule has 0 saturated carbocycles. The molecule has 1 N–H and O–H groups in total. The number of carbonyl (C=O) groups is 1. The normalized spacial score (nSPS) is 20.8. The summed E-state index contributed by atoms with van der Waals surface area (Å²) in [5, 5.41) is 9.71. The monoisotopic (exact) mass is 340 g/mol. The van der Waals surface area contributed by atoms with Crippen LogP contribution < -0.4 is 0 Å². The lowest BCUT2D eigenvalue weighted by Gasteiger charge is -2.35. The van der Waals surface area contributed by atoms with Crippen molar-refractivity contribution in [2.75, 3.05) is 39.3 Å². The van der Waals surface area contributed by atoms with E-state index in [0.717, 1.165) is 12.8 Å². The highest BCUT2D eigenvalue weighted by molar-refractivity contribution is 7.86. The summed E-state index contributed by atoms with van der Waals surface area (Å²) in [6.45, 7) is 2.26. The molecule has 3 rings (SSSR count). The first-order chi connectivity index (χ1) is 11.0. The van der Waals surface area contributed by atoms with E-state index in [9.17, 15) is 18.3 Å². The van der Waals surface area contributed by atoms with E-state index in [1.54, 1.807) is 6.07 Å². The summed E-state index contributed by atoms with van der Waals surface area (Å²) in [4.78, 5) is 17.8. The topological polar surface area (TPSA) is 94.0 Å². The third-order valence-electron chi connectivity index (χ3n) is 4.23. The Kier molecular flexibility index (Phi) is 4.51. The highest BCUT2D eigenvalue weighted by atomic mass is 32.2. The average Bonchev–Trinajstić information content (AvgIpc) is 3.10. The molecule has 126 valence electrons. The smallest absolute Gasteiger partial charge is 0.282 e. The lowest BCUT2D eigenvalue weighted by Crippen LogP contribution is -2.53. The van der Waals surface area contributed by atoms with Crippen LogP contribution in [0.5, 0.6) is 5.75 Å². The van der Waals surface area contributed by atoms with Gasteiger partial charge >= 0.3 is 0 Å². The minimum absolute atomic E-state index is 0.00310. The molecule has 2 aliphatic rings. The van der Waals surface area contributed by atoms with Gasteiger partial charge in [-0.1, -0.05) is 0 Å². The Morgan fingerprint density at radius 3 is 2.26 bits per heavy atom. The third kappa shape index (κ3) is 3.17. The minimum Gasteiger partial charge on any atom is -0.505 e. The maximum Gasteiger partial charge on any atom is 0.282 e. The average molecular weight is 340 g/mol. The standard InChI is InChI=1S/C14H20N4O4S/c19-12-4-3-5-15-13(12)14(20)16-8-10-18(11-9-16)23(21,22)17-6-1-2-7-17/h3-5,19H,1-2,6-11H2. The molecule has 1 aromatic heterocycles. The molecule has 0 unspecified atom stereocenters. The second-order valence-electron chi connectivity index (χ2n) is 5.68. The Balaban J connectivity index is 1.64. The van der Waals surface area contributed by atoms with Gasteiger partial charge in [0.05, 0.1) is 0 Å². The second-order valence-corrected chi connectivity index (χ2v) is 7.60. The molecule has 2 aliphatic heterocycles. The zero-order valence-corrected chi connectivity index (χ0v) is 13.6. The molecule has 8 nitrogen and oxygen atoms in total. The van der Waals surface area contributed by atoms with Crippen LogP contribution in [0.2, 0.25) is 0 Å². The van der Waals surface area contributed by atoms with Gasteiger partial charge in [0, 0.05) is 45.5 Å². The fourth-order valence-corrected chi connectivity index (χ4v) is 4.59. The van der Waals surface area contributed by atoms with Crippen LogP contribution >= 0.6 is 0 Å². The van der Waals surface area contributed by atoms with Crippen LogP contribution in [0.15, 0.2) is 18.3 Å². The summed E-state index contributed by atoms with van der Waals surface area (Å²) >= 11 is 0. The first-order valence-corrected chi connectivity index (χ1v) is 9.08. The van der Waals surface area contributed by atoms with E-state index in [4.69, 9.17) is 0 Å². The molecule has 9 heteroatoms. The lowest BCUT2D eigenvalue weighted by molar-refractivity contribution is 0.0685. The number of piperazine rings is 1. The number of nitrogens with zero attached hydrogens (tertiary/aromatic N) is 4. The largest absolute Gasteiger partial charge is 0.505 e. The first-order valence-electron chi connectivity index (χ1n) is 7.68. The predicted octanol–water partition coefficient (Wildman–Crippen LogP) is -0.114. The van der Waals surface area contributed by atoms with Gasteiger partial charge in [-0.25, -0.2) is 4.98 Å². The van der Waals surface area contributed by atoms with Gasteiger partial charge in [0.1, 0.15) is 5.75 Å². The maximum absolute atomic E-state index is 12.5. The SMILES string of the molecule is O=C(c1ncccc1O)N1CCN(S(=O)(=O)N2CCCC2)CC1. The van der Waals surface area contributed by atoms with Gasteiger partial charge in [0.25, 0.3) is 16.1 Å². The van der Waals surface area contributed by atoms with E-state index >= 15 is 0 Å². The molecule has 1 amide bonds. The van der Waals surface area contributed by atoms with Crippen LogP contribution in [0, 0.1) is 0 Å². The predicted molar refractivity (Wildman–Crippen MR) is 83.1 cm³/mol. The van der Waals surface area contributed by atoms with Gasteiger partial charge in [-0.15, -0.1) is 0 Å². The molecule has 0 radical (unpaired) electrons. The third-order valence-corrected chi connectivity index (χ3v) is 6.27. The Bertz CT molecular complexity index is 680. The van der Waals surface area contributed by atoms with Crippen molar-refractivity contribution in [2.45, 2.75) is 12.8 Å². The van der Waals surface area contributed by atoms with Crippen molar-refractivity contribution in [3.8, 4) is 5.75 Å². The number of rotatable bonds is 3. The van der Waals surface area contributed by atoms with Gasteiger partial charge in [0.2, 0.25) is 0 Å². The highest BCUT2D eigenvalue weighted by Crippen LogP contribution is 2.20. The molecule has 0 bridgehead atoms. The van der Waals surface area contributed by atoms with Crippen molar-refractivity contribution < 1.29 is 18.3 Å². The van der Waals surface area contributed by atoms with Gasteiger partial charge in [-0.05, 0) is 25.0 Å². The summed E-state index contributed by atoms with van der Waals surface area (Å²) in [6, 6.07) is 2.96. The van der Waals surface area contributed by atoms with Crippen LogP contribution in [-0.4, -0.2) is 77.2 Å². The van der Waals surface area contributed by atoms with Crippen LogP contribution in [0.3, 0.4) is 0 Å². The zero-order valence-electron chi connectivity index (χ0n) is 12.8. The molecule has 3 heterocycles. The van der Waals surface area contributed by atoms with E-state index < -0.39 is 10.2 Å². The molecule has 1 aromatic rings. The number of aromatic nitrogens is 1. The summed E-state index contributed by atoms with van der Waals surface area (Å²) in [5.74, 6) is -0.536. The molecular weight excluding hydrogens is 320 g/mol. The number of hydrogen-bond acceptors (Lipinski definition) is 5. The molecule has 0 aromatic carbocycles. The maximum atomic E-state index is 12.5. The molecule has 0 atom stereocenters. The van der Waals surface area contributed by atoms with Crippen LogP contribution in [0.4, 0.5) is 0 Å². The van der Waals surface area contributed by atoms with E-state index in [0.29, 0.717) is 26.2 Å². The Morgan fingerprint density at radius 2 is 1.65 bits per heavy atom. The minimum atomic E-state index is -3.42. The van der Waals surface area contributed by atoms with Gasteiger partial charge in [-0.3, -0.25) is 4.79 Å². The van der Waals surface area contributed by atoms with Crippen molar-refractivity contribution in [3.63, 3.8) is 0 Å². The number of aromatic hydroxyl groups is 1. The van der Waals surface area contributed by atoms with Crippen molar-refractivity contribution in [3.05, 3.63) is 24.0 Å². The Labute approximate surface area is 135 Å². The number of hydrogen-bond donors (Lipinski definition) is 1.